The van der Waals surface area contributed by atoms with Crippen molar-refractivity contribution < 1.29 is 28.7 Å². The van der Waals surface area contributed by atoms with Crippen molar-refractivity contribution in [2.24, 2.45) is 0 Å². The predicted octanol–water partition coefficient (Wildman–Crippen LogP) is 5.73. The number of hydrogen-bond donors (Lipinski definition) is 3. The quantitative estimate of drug-likeness (QED) is 0.152. The van der Waals surface area contributed by atoms with Crippen LogP contribution in [-0.4, -0.2) is 40.8 Å². The predicted molar refractivity (Wildman–Crippen MR) is 114 cm³/mol. The molecule has 0 bridgehead atoms. The number of aliphatic hydroxyl groups is 1. The van der Waals surface area contributed by atoms with E-state index >= 15 is 0 Å². The van der Waals surface area contributed by atoms with Gasteiger partial charge in [-0.05, 0) is 6.42 Å². The van der Waals surface area contributed by atoms with Gasteiger partial charge in [0.15, 0.2) is 0 Å². The third-order valence-corrected chi connectivity index (χ3v) is 5.51. The monoisotopic (exact) mass is 424 g/mol. The molecule has 0 aromatic rings. The molecule has 3 N–H and O–H groups in total. The van der Waals surface area contributed by atoms with Crippen LogP contribution in [0.2, 0.25) is 0 Å². The van der Waals surface area contributed by atoms with Crippen LogP contribution in [0.3, 0.4) is 0 Å². The molecule has 0 saturated heterocycles. The van der Waals surface area contributed by atoms with Gasteiger partial charge in [-0.1, -0.05) is 103 Å². The van der Waals surface area contributed by atoms with Crippen LogP contribution in [0.25, 0.3) is 0 Å². The molecule has 1 atom stereocenters. The summed E-state index contributed by atoms with van der Waals surface area (Å²) in [6, 6.07) is 0. The summed E-state index contributed by atoms with van der Waals surface area (Å²) in [5, 5.41) is 8.98. The van der Waals surface area contributed by atoms with Gasteiger partial charge in [0.05, 0.1) is 13.2 Å². The second-order valence-electron chi connectivity index (χ2n) is 7.78. The molecule has 6 nitrogen and oxygen atoms in total. The lowest BCUT2D eigenvalue weighted by molar-refractivity contribution is 0.00414. The average molecular weight is 425 g/mol. The Morgan fingerprint density at radius 3 is 1.46 bits per heavy atom. The Morgan fingerprint density at radius 2 is 1.11 bits per heavy atom. The Morgan fingerprint density at radius 1 is 0.714 bits per heavy atom. The number of phosphoric acid groups is 1. The van der Waals surface area contributed by atoms with Crippen molar-refractivity contribution in [1.29, 1.82) is 0 Å². The maximum absolute atomic E-state index is 10.7. The van der Waals surface area contributed by atoms with Crippen LogP contribution in [0.1, 0.15) is 110 Å². The second kappa shape index (κ2) is 20.3. The van der Waals surface area contributed by atoms with Gasteiger partial charge in [-0.25, -0.2) is 4.57 Å². The Hall–Kier alpha value is 0.0300. The molecule has 0 fully saturated rings. The maximum atomic E-state index is 10.7. The Bertz CT molecular complexity index is 361. The first-order chi connectivity index (χ1) is 13.5. The van der Waals surface area contributed by atoms with Gasteiger partial charge in [0.2, 0.25) is 0 Å². The van der Waals surface area contributed by atoms with E-state index in [0.717, 1.165) is 12.8 Å². The third kappa shape index (κ3) is 22.3. The molecule has 0 rings (SSSR count). The van der Waals surface area contributed by atoms with Gasteiger partial charge in [-0.3, -0.25) is 4.52 Å². The molecule has 0 saturated carbocycles. The van der Waals surface area contributed by atoms with Crippen LogP contribution in [-0.2, 0) is 13.8 Å². The lowest BCUT2D eigenvalue weighted by Crippen LogP contribution is -2.23. The van der Waals surface area contributed by atoms with Crippen LogP contribution in [0, 0.1) is 0 Å². The van der Waals surface area contributed by atoms with Crippen LogP contribution in [0.15, 0.2) is 0 Å². The zero-order chi connectivity index (χ0) is 20.9. The summed E-state index contributed by atoms with van der Waals surface area (Å²) >= 11 is 0. The largest absolute Gasteiger partial charge is 0.470 e. The smallest absolute Gasteiger partial charge is 0.394 e. The number of ether oxygens (including phenoxy) is 1. The highest BCUT2D eigenvalue weighted by atomic mass is 31.2. The van der Waals surface area contributed by atoms with E-state index in [-0.39, 0.29) is 6.61 Å². The fourth-order valence-corrected chi connectivity index (χ4v) is 3.79. The van der Waals surface area contributed by atoms with E-state index in [1.807, 2.05) is 0 Å². The lowest BCUT2D eigenvalue weighted by Gasteiger charge is -2.15. The molecule has 0 aliphatic heterocycles. The fourth-order valence-electron chi connectivity index (χ4n) is 3.28. The van der Waals surface area contributed by atoms with E-state index in [0.29, 0.717) is 6.61 Å². The van der Waals surface area contributed by atoms with Crippen LogP contribution < -0.4 is 0 Å². The zero-order valence-corrected chi connectivity index (χ0v) is 18.9. The van der Waals surface area contributed by atoms with E-state index in [1.165, 1.54) is 89.9 Å². The number of unbranched alkanes of at least 4 members (excludes halogenated alkanes) is 15. The molecule has 0 unspecified atom stereocenters. The summed E-state index contributed by atoms with van der Waals surface area (Å²) < 4.78 is 20.4. The van der Waals surface area contributed by atoms with Gasteiger partial charge in [-0.2, -0.15) is 0 Å². The standard InChI is InChI=1S/C21H45O6P/c1-2-3-4-5-6-7-8-9-10-11-12-13-14-15-16-17-18-26-20-21(19-22)27-28(23,24)25/h21-22H,2-20H2,1H3,(H2,23,24,25)/t21-/m0/s1. The minimum atomic E-state index is -4.57. The summed E-state index contributed by atoms with van der Waals surface area (Å²) in [6.07, 6.45) is 20.1. The summed E-state index contributed by atoms with van der Waals surface area (Å²) in [6.45, 7) is 2.32. The van der Waals surface area contributed by atoms with Crippen molar-refractivity contribution in [2.75, 3.05) is 19.8 Å². The summed E-state index contributed by atoms with van der Waals surface area (Å²) in [5.74, 6) is 0. The normalized spacial score (nSPS) is 13.1. The Labute approximate surface area is 172 Å². The van der Waals surface area contributed by atoms with Crippen molar-refractivity contribution in [3.8, 4) is 0 Å². The molecular formula is C21H45O6P. The van der Waals surface area contributed by atoms with Crippen LogP contribution >= 0.6 is 7.82 Å². The van der Waals surface area contributed by atoms with E-state index in [1.54, 1.807) is 0 Å². The SMILES string of the molecule is CCCCCCCCCCCCCCCCCCOC[C@H](CO)OP(=O)(O)O. The Balaban J connectivity index is 3.20. The number of hydrogen-bond acceptors (Lipinski definition) is 4. The Kier molecular flexibility index (Phi) is 20.3. The zero-order valence-electron chi connectivity index (χ0n) is 18.0. The summed E-state index contributed by atoms with van der Waals surface area (Å²) in [7, 11) is -4.57. The van der Waals surface area contributed by atoms with E-state index in [2.05, 4.69) is 11.4 Å². The highest BCUT2D eigenvalue weighted by Gasteiger charge is 2.21. The van der Waals surface area contributed by atoms with Gasteiger partial charge in [0.25, 0.3) is 0 Å². The lowest BCUT2D eigenvalue weighted by atomic mass is 10.0. The molecule has 0 aromatic heterocycles. The van der Waals surface area contributed by atoms with Crippen LogP contribution in [0.5, 0.6) is 0 Å². The minimum Gasteiger partial charge on any atom is -0.394 e. The first-order valence-electron chi connectivity index (χ1n) is 11.4. The molecule has 7 heteroatoms. The number of phosphoric ester groups is 1. The van der Waals surface area contributed by atoms with Gasteiger partial charge in [0.1, 0.15) is 6.10 Å². The van der Waals surface area contributed by atoms with Gasteiger partial charge < -0.3 is 19.6 Å². The second-order valence-corrected chi connectivity index (χ2v) is 8.97. The van der Waals surface area contributed by atoms with Crippen LogP contribution in [0.4, 0.5) is 0 Å². The number of rotatable bonds is 22. The molecule has 0 aliphatic rings. The van der Waals surface area contributed by atoms with Gasteiger partial charge in [0, 0.05) is 6.61 Å². The van der Waals surface area contributed by atoms with Crippen molar-refractivity contribution in [3.63, 3.8) is 0 Å². The molecule has 170 valence electrons. The maximum Gasteiger partial charge on any atom is 0.470 e. The van der Waals surface area contributed by atoms with Crippen molar-refractivity contribution in [2.45, 2.75) is 116 Å². The van der Waals surface area contributed by atoms with Gasteiger partial charge in [-0.15, -0.1) is 0 Å². The molecule has 28 heavy (non-hydrogen) atoms. The fraction of sp³-hybridized carbons (Fsp3) is 1.00. The van der Waals surface area contributed by atoms with Crippen molar-refractivity contribution >= 4 is 7.82 Å². The van der Waals surface area contributed by atoms with Crippen molar-refractivity contribution in [3.05, 3.63) is 0 Å². The first-order valence-corrected chi connectivity index (χ1v) is 12.9. The molecule has 0 spiro atoms. The van der Waals surface area contributed by atoms with E-state index in [9.17, 15) is 4.57 Å². The number of aliphatic hydroxyl groups excluding tert-OH is 1. The first kappa shape index (κ1) is 28.0. The molecule has 0 amide bonds. The molecule has 0 aliphatic carbocycles. The third-order valence-electron chi connectivity index (χ3n) is 4.94. The van der Waals surface area contributed by atoms with E-state index < -0.39 is 20.5 Å². The summed E-state index contributed by atoms with van der Waals surface area (Å²) in [4.78, 5) is 17.4. The highest BCUT2D eigenvalue weighted by Crippen LogP contribution is 2.37. The minimum absolute atomic E-state index is 0.000347. The average Bonchev–Trinajstić information content (AvgIpc) is 2.65. The van der Waals surface area contributed by atoms with Crippen molar-refractivity contribution in [1.82, 2.24) is 0 Å². The van der Waals surface area contributed by atoms with Gasteiger partial charge >= 0.3 is 7.82 Å². The highest BCUT2D eigenvalue weighted by molar-refractivity contribution is 7.46. The molecular weight excluding hydrogens is 379 g/mol. The van der Waals surface area contributed by atoms with E-state index in [4.69, 9.17) is 19.6 Å². The molecule has 0 aromatic carbocycles. The topological polar surface area (TPSA) is 96.2 Å². The summed E-state index contributed by atoms with van der Waals surface area (Å²) in [5.41, 5.74) is 0. The molecule has 0 radical (unpaired) electrons. The molecule has 0 heterocycles.